The number of nitrogens with one attached hydrogen (secondary N) is 2. The number of aromatic hydroxyl groups is 2. The second kappa shape index (κ2) is 19.2. The first-order valence-electron chi connectivity index (χ1n) is 12.9. The van der Waals surface area contributed by atoms with Crippen LogP contribution in [-0.4, -0.2) is 61.6 Å². The van der Waals surface area contributed by atoms with Crippen molar-refractivity contribution >= 4 is 68.0 Å². The molecule has 0 aliphatic carbocycles. The van der Waals surface area contributed by atoms with E-state index < -0.39 is 75.2 Å². The van der Waals surface area contributed by atoms with Gasteiger partial charge in [-0.15, -0.1) is 0 Å². The van der Waals surface area contributed by atoms with Crippen molar-refractivity contribution in [3.8, 4) is 11.5 Å². The summed E-state index contributed by atoms with van der Waals surface area (Å²) in [7, 11) is 0. The van der Waals surface area contributed by atoms with Crippen LogP contribution < -0.4 is 11.5 Å². The first-order valence-corrected chi connectivity index (χ1v) is 14.9. The van der Waals surface area contributed by atoms with Gasteiger partial charge >= 0.3 is 22.7 Å². The summed E-state index contributed by atoms with van der Waals surface area (Å²) in [4.78, 5) is 55.5. The summed E-state index contributed by atoms with van der Waals surface area (Å²) in [6, 6.07) is 10.2. The Morgan fingerprint density at radius 2 is 0.780 bits per heavy atom. The Morgan fingerprint density at radius 3 is 0.960 bits per heavy atom. The highest BCUT2D eigenvalue weighted by Gasteiger charge is 2.31. The smallest absolute Gasteiger partial charge is 0.324 e. The third-order valence-electron chi connectivity index (χ3n) is 5.64. The van der Waals surface area contributed by atoms with Crippen LogP contribution in [0.25, 0.3) is 0 Å². The maximum absolute atomic E-state index is 10.4. The van der Waals surface area contributed by atoms with Crippen LogP contribution in [0.1, 0.15) is 11.1 Å². The molecule has 0 amide bonds. The van der Waals surface area contributed by atoms with E-state index in [1.807, 2.05) is 0 Å². The van der Waals surface area contributed by atoms with E-state index in [0.717, 1.165) is 24.3 Å². The molecule has 0 aromatic heterocycles. The number of phenolic OH excluding ortho intramolecular Hbond substituents is 2. The minimum absolute atomic E-state index is 0.174. The third kappa shape index (κ3) is 13.2. The average molecular weight is 741 g/mol. The number of nitrogens with zero attached hydrogens (tertiary/aromatic N) is 6. The lowest BCUT2D eigenvalue weighted by Crippen LogP contribution is -2.06. The van der Waals surface area contributed by atoms with Gasteiger partial charge in [-0.2, -0.15) is 0 Å². The van der Waals surface area contributed by atoms with Crippen LogP contribution in [0.5, 0.6) is 11.5 Å². The SMILES string of the molecule is N=C(N)SCCc1ccc(CCSC(=N)N)cc1.O=[N+]([O-])c1cc([N+](=O)[O-])c(O)c([N+](=O)[O-])c1.O=[N+]([O-])c1cc([N+](=O)[O-])c(O)c([N+](=O)[O-])c1. The number of rotatable bonds is 12. The van der Waals surface area contributed by atoms with Crippen molar-refractivity contribution in [1.29, 1.82) is 10.8 Å². The van der Waals surface area contributed by atoms with Gasteiger partial charge in [-0.25, -0.2) is 0 Å². The van der Waals surface area contributed by atoms with Crippen molar-refractivity contribution < 1.29 is 39.8 Å². The summed E-state index contributed by atoms with van der Waals surface area (Å²) in [6.07, 6.45) is 1.85. The van der Waals surface area contributed by atoms with E-state index in [9.17, 15) is 60.7 Å². The topological polar surface area (TPSA) is 399 Å². The van der Waals surface area contributed by atoms with E-state index in [2.05, 4.69) is 24.3 Å². The number of phenols is 2. The summed E-state index contributed by atoms with van der Waals surface area (Å²) < 4.78 is 0. The molecule has 266 valence electrons. The zero-order valence-electron chi connectivity index (χ0n) is 24.9. The van der Waals surface area contributed by atoms with E-state index in [-0.39, 0.29) is 10.3 Å². The van der Waals surface area contributed by atoms with Gasteiger partial charge in [-0.05, 0) is 24.0 Å². The number of nitro benzene ring substituents is 6. The number of hydrogen-bond acceptors (Lipinski definition) is 18. The molecular formula is C24H24N10O14S2. The van der Waals surface area contributed by atoms with Crippen LogP contribution in [0.15, 0.2) is 48.5 Å². The molecule has 8 N–H and O–H groups in total. The Balaban J connectivity index is 0.000000376. The number of benzene rings is 3. The van der Waals surface area contributed by atoms with Crippen LogP contribution in [0.3, 0.4) is 0 Å². The largest absolute Gasteiger partial charge is 0.497 e. The normalized spacial score (nSPS) is 9.92. The molecule has 0 aliphatic heterocycles. The maximum atomic E-state index is 10.4. The highest BCUT2D eigenvalue weighted by Crippen LogP contribution is 2.40. The van der Waals surface area contributed by atoms with Crippen molar-refractivity contribution in [1.82, 2.24) is 0 Å². The molecule has 26 heteroatoms. The lowest BCUT2D eigenvalue weighted by atomic mass is 10.1. The van der Waals surface area contributed by atoms with Gasteiger partial charge in [-0.3, -0.25) is 71.5 Å². The van der Waals surface area contributed by atoms with Crippen molar-refractivity contribution in [3.63, 3.8) is 0 Å². The van der Waals surface area contributed by atoms with Gasteiger partial charge in [0, 0.05) is 11.5 Å². The Kier molecular flexibility index (Phi) is 15.9. The highest BCUT2D eigenvalue weighted by molar-refractivity contribution is 8.13. The molecule has 50 heavy (non-hydrogen) atoms. The molecule has 0 saturated carbocycles. The fourth-order valence-corrected chi connectivity index (χ4v) is 4.49. The van der Waals surface area contributed by atoms with Gasteiger partial charge in [0.1, 0.15) is 0 Å². The lowest BCUT2D eigenvalue weighted by Gasteiger charge is -2.04. The lowest BCUT2D eigenvalue weighted by molar-refractivity contribution is -0.404. The standard InChI is InChI=1S/C12H18N4S2.2C6H3N3O7/c13-11(14)17-7-5-9-1-2-10(4-3-9)6-8-18-12(15)16;2*10-6-4(8(13)14)1-3(7(11)12)2-5(6)9(15)16/h1-4H,5-8H2,(H3,13,14)(H3,15,16);2*1-2,10H. The molecule has 0 unspecified atom stereocenters. The molecule has 0 atom stereocenters. The van der Waals surface area contributed by atoms with Gasteiger partial charge in [0.25, 0.3) is 22.9 Å². The third-order valence-corrected chi connectivity index (χ3v) is 7.08. The number of nitro groups is 6. The van der Waals surface area contributed by atoms with Crippen LogP contribution in [0, 0.1) is 71.5 Å². The van der Waals surface area contributed by atoms with E-state index >= 15 is 0 Å². The van der Waals surface area contributed by atoms with Crippen LogP contribution >= 0.6 is 23.5 Å². The number of amidine groups is 2. The van der Waals surface area contributed by atoms with E-state index in [4.69, 9.17) is 32.5 Å². The number of hydrogen-bond donors (Lipinski definition) is 6. The Hall–Kier alpha value is -6.70. The molecule has 0 radical (unpaired) electrons. The van der Waals surface area contributed by atoms with Crippen molar-refractivity contribution in [2.24, 2.45) is 11.5 Å². The molecule has 0 saturated heterocycles. The maximum Gasteiger partial charge on any atom is 0.324 e. The van der Waals surface area contributed by atoms with Crippen LogP contribution in [0.4, 0.5) is 34.1 Å². The summed E-state index contributed by atoms with van der Waals surface area (Å²) in [5.74, 6) is -0.731. The number of thioether (sulfide) groups is 2. The van der Waals surface area contributed by atoms with Crippen molar-refractivity contribution in [2.45, 2.75) is 12.8 Å². The second-order valence-electron chi connectivity index (χ2n) is 8.95. The Labute approximate surface area is 286 Å². The number of aryl methyl sites for hydroxylation is 2. The quantitative estimate of drug-likeness (QED) is 0.0653. The molecule has 3 aromatic rings. The monoisotopic (exact) mass is 740 g/mol. The van der Waals surface area contributed by atoms with E-state index in [1.54, 1.807) is 0 Å². The first kappa shape index (κ1) is 41.3. The Bertz CT molecular complexity index is 1620. The summed E-state index contributed by atoms with van der Waals surface area (Å²) in [5, 5.41) is 95.0. The molecule has 3 rings (SSSR count). The fraction of sp³-hybridized carbons (Fsp3) is 0.167. The molecule has 0 aliphatic rings. The highest BCUT2D eigenvalue weighted by atomic mass is 32.2. The Morgan fingerprint density at radius 1 is 0.540 bits per heavy atom. The molecule has 0 heterocycles. The van der Waals surface area contributed by atoms with Gasteiger partial charge in [0.05, 0.1) is 53.8 Å². The fourth-order valence-electron chi connectivity index (χ4n) is 3.38. The van der Waals surface area contributed by atoms with Gasteiger partial charge in [0.15, 0.2) is 10.3 Å². The van der Waals surface area contributed by atoms with Crippen molar-refractivity contribution in [2.75, 3.05) is 11.5 Å². The zero-order chi connectivity index (χ0) is 38.3. The van der Waals surface area contributed by atoms with Gasteiger partial charge in [-0.1, -0.05) is 47.8 Å². The van der Waals surface area contributed by atoms with Crippen LogP contribution in [0.2, 0.25) is 0 Å². The number of non-ortho nitro benzene ring substituents is 2. The molecule has 0 spiro atoms. The average Bonchev–Trinajstić information content (AvgIpc) is 3.01. The second-order valence-corrected chi connectivity index (χ2v) is 11.2. The van der Waals surface area contributed by atoms with Gasteiger partial charge < -0.3 is 21.7 Å². The minimum Gasteiger partial charge on any atom is -0.497 e. The molecule has 3 aromatic carbocycles. The van der Waals surface area contributed by atoms with E-state index in [0.29, 0.717) is 24.3 Å². The first-order chi connectivity index (χ1) is 23.3. The number of nitrogens with two attached hydrogens (primary N) is 2. The summed E-state index contributed by atoms with van der Waals surface area (Å²) in [5.41, 5.74) is 7.06. The van der Waals surface area contributed by atoms with Crippen molar-refractivity contribution in [3.05, 3.63) is 120 Å². The summed E-state index contributed by atoms with van der Waals surface area (Å²) in [6.45, 7) is 0. The molecule has 0 bridgehead atoms. The predicted molar refractivity (Wildman–Crippen MR) is 179 cm³/mol. The van der Waals surface area contributed by atoms with Crippen LogP contribution in [-0.2, 0) is 12.8 Å². The minimum atomic E-state index is -1.21. The molecule has 0 fully saturated rings. The molecule has 24 nitrogen and oxygen atoms in total. The van der Waals surface area contributed by atoms with E-state index in [1.165, 1.54) is 34.7 Å². The zero-order valence-corrected chi connectivity index (χ0v) is 26.5. The molecular weight excluding hydrogens is 716 g/mol. The van der Waals surface area contributed by atoms with Gasteiger partial charge in [0.2, 0.25) is 0 Å². The summed E-state index contributed by atoms with van der Waals surface area (Å²) >= 11 is 2.74. The predicted octanol–water partition coefficient (Wildman–Crippen LogP) is 4.26.